The molecule has 3 rings (SSSR count). The summed E-state index contributed by atoms with van der Waals surface area (Å²) in [6, 6.07) is 12.3. The molecule has 0 saturated carbocycles. The molecule has 0 aliphatic rings. The van der Waals surface area contributed by atoms with E-state index >= 15 is 0 Å². The van der Waals surface area contributed by atoms with Crippen molar-refractivity contribution in [2.75, 3.05) is 26.0 Å². The van der Waals surface area contributed by atoms with Gasteiger partial charge in [-0.1, -0.05) is 29.8 Å². The molecule has 33 heavy (non-hydrogen) atoms. The highest BCUT2D eigenvalue weighted by Crippen LogP contribution is 2.20. The Morgan fingerprint density at radius 3 is 2.64 bits per heavy atom. The zero-order valence-electron chi connectivity index (χ0n) is 18.4. The summed E-state index contributed by atoms with van der Waals surface area (Å²) in [6.07, 6.45) is 0.398. The molecule has 3 aromatic rings. The highest BCUT2D eigenvalue weighted by molar-refractivity contribution is 7.85. The van der Waals surface area contributed by atoms with Crippen LogP contribution in [0.15, 0.2) is 63.7 Å². The maximum atomic E-state index is 12.4. The largest absolute Gasteiger partial charge is 0.424 e. The van der Waals surface area contributed by atoms with Gasteiger partial charge in [0.25, 0.3) is 16.1 Å². The van der Waals surface area contributed by atoms with Crippen molar-refractivity contribution in [1.29, 1.82) is 0 Å². The minimum atomic E-state index is -4.30. The molecule has 0 saturated heterocycles. The summed E-state index contributed by atoms with van der Waals surface area (Å²) in [4.78, 5) is 3.79. The number of anilines is 1. The van der Waals surface area contributed by atoms with Gasteiger partial charge in [-0.15, -0.1) is 0 Å². The van der Waals surface area contributed by atoms with Crippen LogP contribution in [0.3, 0.4) is 0 Å². The van der Waals surface area contributed by atoms with Crippen LogP contribution in [0.25, 0.3) is 11.1 Å². The van der Waals surface area contributed by atoms with Gasteiger partial charge >= 0.3 is 0 Å². The predicted molar refractivity (Wildman–Crippen MR) is 123 cm³/mol. The molecule has 11 heteroatoms. The van der Waals surface area contributed by atoms with Crippen LogP contribution in [0.1, 0.15) is 17.5 Å². The van der Waals surface area contributed by atoms with Crippen LogP contribution in [-0.2, 0) is 26.0 Å². The van der Waals surface area contributed by atoms with Gasteiger partial charge in [-0.3, -0.25) is 4.55 Å². The third-order valence-corrected chi connectivity index (χ3v) is 5.54. The number of para-hydroxylation sites is 2. The second-order valence-corrected chi connectivity index (χ2v) is 8.48. The molecule has 180 valence electrons. The maximum absolute atomic E-state index is 12.4. The summed E-state index contributed by atoms with van der Waals surface area (Å²) >= 11 is 0. The highest BCUT2D eigenvalue weighted by Gasteiger charge is 2.17. The van der Waals surface area contributed by atoms with Crippen molar-refractivity contribution in [2.45, 2.75) is 31.0 Å². The van der Waals surface area contributed by atoms with Crippen LogP contribution in [0.5, 0.6) is 0 Å². The summed E-state index contributed by atoms with van der Waals surface area (Å²) in [5.74, 6) is 0. The normalized spacial score (nSPS) is 12.9. The van der Waals surface area contributed by atoms with Gasteiger partial charge in [-0.2, -0.15) is 13.4 Å². The molecular weight excluding hydrogens is 453 g/mol. The topological polar surface area (TPSA) is 151 Å². The summed E-state index contributed by atoms with van der Waals surface area (Å²) in [5.41, 5.74) is 13.8. The first-order valence-electron chi connectivity index (χ1n) is 9.98. The van der Waals surface area contributed by atoms with Crippen molar-refractivity contribution in [3.05, 3.63) is 65.5 Å². The first-order chi connectivity index (χ1) is 15.7. The molecule has 0 aliphatic heterocycles. The molecule has 2 aromatic carbocycles. The molecule has 9 nitrogen and oxygen atoms in total. The van der Waals surface area contributed by atoms with E-state index in [-0.39, 0.29) is 24.1 Å². The zero-order valence-corrected chi connectivity index (χ0v) is 19.2. The van der Waals surface area contributed by atoms with Crippen molar-refractivity contribution in [2.24, 2.45) is 5.73 Å². The van der Waals surface area contributed by atoms with E-state index < -0.39 is 16.4 Å². The van der Waals surface area contributed by atoms with Crippen molar-refractivity contribution >= 4 is 27.2 Å². The number of nitrogens with zero attached hydrogens (tertiary/aromatic N) is 1. The molecule has 1 unspecified atom stereocenters. The number of aromatic nitrogens is 1. The molecule has 0 amide bonds. The lowest BCUT2D eigenvalue weighted by atomic mass is 10.1. The van der Waals surface area contributed by atoms with E-state index in [4.69, 9.17) is 25.4 Å². The molecule has 0 fully saturated rings. The van der Waals surface area contributed by atoms with E-state index in [0.29, 0.717) is 30.3 Å². The lowest BCUT2D eigenvalue weighted by molar-refractivity contribution is -0.120. The highest BCUT2D eigenvalue weighted by atomic mass is 32.2. The van der Waals surface area contributed by atoms with Crippen LogP contribution in [0, 0.1) is 6.92 Å². The van der Waals surface area contributed by atoms with Crippen LogP contribution >= 0.6 is 0 Å². The first-order valence-corrected chi connectivity index (χ1v) is 11.4. The molecule has 5 N–H and O–H groups in total. The van der Waals surface area contributed by atoms with E-state index in [1.54, 1.807) is 12.1 Å². The second kappa shape index (κ2) is 12.4. The summed E-state index contributed by atoms with van der Waals surface area (Å²) < 4.78 is 60.1. The summed E-state index contributed by atoms with van der Waals surface area (Å²) in [5, 5.41) is 0. The van der Waals surface area contributed by atoms with Gasteiger partial charge in [0.2, 0.25) is 0 Å². The minimum Gasteiger partial charge on any atom is -0.424 e. The van der Waals surface area contributed by atoms with Crippen molar-refractivity contribution < 1.29 is 31.3 Å². The van der Waals surface area contributed by atoms with E-state index in [2.05, 4.69) is 4.98 Å². The lowest BCUT2D eigenvalue weighted by Crippen LogP contribution is -2.20. The number of aryl methyl sites for hydroxylation is 2. The van der Waals surface area contributed by atoms with Crippen molar-refractivity contribution in [3.63, 3.8) is 0 Å². The van der Waals surface area contributed by atoms with Crippen molar-refractivity contribution in [1.82, 2.24) is 4.98 Å². The van der Waals surface area contributed by atoms with Crippen LogP contribution in [0.4, 0.5) is 10.4 Å². The Kier molecular flexibility index (Phi) is 9.95. The van der Waals surface area contributed by atoms with Gasteiger partial charge in [0.05, 0.1) is 17.8 Å². The van der Waals surface area contributed by atoms with Crippen molar-refractivity contribution in [3.8, 4) is 0 Å². The number of ether oxygens (including phenoxy) is 2. The Morgan fingerprint density at radius 1 is 1.30 bits per heavy atom. The molecule has 1 heterocycles. The summed E-state index contributed by atoms with van der Waals surface area (Å²) in [6.45, 7) is 1.85. The third kappa shape index (κ3) is 8.22. The van der Waals surface area contributed by atoms with E-state index in [9.17, 15) is 17.4 Å². The fraction of sp³-hybridized carbons (Fsp3) is 0.318. The van der Waals surface area contributed by atoms with E-state index in [1.807, 2.05) is 31.2 Å². The molecule has 0 bridgehead atoms. The van der Waals surface area contributed by atoms with Gasteiger partial charge in [-0.05, 0) is 42.7 Å². The standard InChI is InChI=1S/C15H22FNO5S.C7H6N2O/c1-11-3-5-14(23(18,19)20)13(7-11)4-6-15(21-2)22-10-12(8-16)9-17;8-7-9-5-3-1-2-4-6(5)10-7/h3,5,7-8,15H,4,6,9-10,17H2,1-2H3,(H,18,19,20);1-4H,(H2,8,9)/b12-8-;. The Bertz CT molecular complexity index is 1150. The number of hydrogen-bond donors (Lipinski definition) is 3. The molecule has 1 aromatic heterocycles. The number of fused-ring (bicyclic) bond motifs is 1. The van der Waals surface area contributed by atoms with E-state index in [0.717, 1.165) is 16.7 Å². The van der Waals surface area contributed by atoms with Gasteiger partial charge in [0.15, 0.2) is 11.9 Å². The lowest BCUT2D eigenvalue weighted by Gasteiger charge is -2.17. The van der Waals surface area contributed by atoms with Gasteiger partial charge in [0, 0.05) is 20.1 Å². The number of hydrogen-bond acceptors (Lipinski definition) is 8. The van der Waals surface area contributed by atoms with E-state index in [1.165, 1.54) is 13.2 Å². The number of oxazole rings is 1. The van der Waals surface area contributed by atoms with Gasteiger partial charge in [-0.25, -0.2) is 4.39 Å². The number of rotatable bonds is 9. The zero-order chi connectivity index (χ0) is 24.4. The Morgan fingerprint density at radius 2 is 2.03 bits per heavy atom. The average Bonchev–Trinajstić information content (AvgIpc) is 3.16. The smallest absolute Gasteiger partial charge is 0.294 e. The number of halogens is 1. The number of benzene rings is 2. The molecule has 1 atom stereocenters. The third-order valence-electron chi connectivity index (χ3n) is 4.59. The SMILES string of the molecule is COC(CCc1cc(C)ccc1S(=O)(=O)O)OC/C(=C\F)CN.Nc1nc2ccccc2o1. The van der Waals surface area contributed by atoms with Gasteiger partial charge in [0.1, 0.15) is 5.52 Å². The van der Waals surface area contributed by atoms with Crippen LogP contribution in [0.2, 0.25) is 0 Å². The van der Waals surface area contributed by atoms with Gasteiger partial charge < -0.3 is 25.4 Å². The molecule has 0 spiro atoms. The Hall–Kier alpha value is -2.83. The second-order valence-electron chi connectivity index (χ2n) is 7.09. The molecular formula is C22H28FN3O6S. The quantitative estimate of drug-likeness (QED) is 0.308. The minimum absolute atomic E-state index is 0.00944. The number of methoxy groups -OCH3 is 1. The Labute approximate surface area is 191 Å². The van der Waals surface area contributed by atoms with Crippen LogP contribution in [-0.4, -0.2) is 44.5 Å². The molecule has 0 radical (unpaired) electrons. The summed E-state index contributed by atoms with van der Waals surface area (Å²) in [7, 11) is -2.86. The van der Waals surface area contributed by atoms with Crippen LogP contribution < -0.4 is 11.5 Å². The number of nitrogens with two attached hydrogens (primary N) is 2. The predicted octanol–water partition coefficient (Wildman–Crippen LogP) is 3.39. The molecule has 0 aliphatic carbocycles. The maximum Gasteiger partial charge on any atom is 0.294 e. The fourth-order valence-electron chi connectivity index (χ4n) is 2.92. The first kappa shape index (κ1) is 26.4. The fourth-order valence-corrected chi connectivity index (χ4v) is 3.66. The Balaban J connectivity index is 0.000000315. The monoisotopic (exact) mass is 481 g/mol. The number of nitrogen functional groups attached to an aromatic ring is 1. The average molecular weight is 482 g/mol.